The predicted molar refractivity (Wildman–Crippen MR) is 500 cm³/mol. The maximum Gasteiger partial charge on any atom is 0.318 e. The Bertz CT molecular complexity index is 3770. The van der Waals surface area contributed by atoms with E-state index in [1.165, 1.54) is 96.9 Å². The van der Waals surface area contributed by atoms with Gasteiger partial charge >= 0.3 is 83.6 Å². The van der Waals surface area contributed by atoms with Crippen molar-refractivity contribution < 1.29 is 209 Å². The third-order valence-electron chi connectivity index (χ3n) is 25.9. The summed E-state index contributed by atoms with van der Waals surface area (Å²) in [6, 6.07) is 0. The fourth-order valence-electron chi connectivity index (χ4n) is 13.5. The van der Waals surface area contributed by atoms with Gasteiger partial charge in [0.2, 0.25) is 0 Å². The third-order valence-corrected chi connectivity index (χ3v) is 28.2. The minimum Gasteiger partial charge on any atom is -0.464 e. The van der Waals surface area contributed by atoms with Gasteiger partial charge in [-0.1, -0.05) is 21.6 Å². The molecule has 0 aliphatic carbocycles. The average molecular weight is 2100 g/mol. The topological polar surface area (TPSA) is 516 Å². The highest BCUT2D eigenvalue weighted by Crippen LogP contribution is 2.43. The number of rotatable bonds is 45. The lowest BCUT2D eigenvalue weighted by Crippen LogP contribution is -2.52. The van der Waals surface area contributed by atoms with Crippen molar-refractivity contribution in [1.29, 1.82) is 0 Å². The third kappa shape index (κ3) is 32.6. The Morgan fingerprint density at radius 2 is 0.271 bits per heavy atom. The molecule has 0 aromatic rings. The van der Waals surface area contributed by atoms with E-state index in [9.17, 15) is 38.4 Å². The Morgan fingerprint density at radius 3 is 0.382 bits per heavy atom. The second-order valence-corrected chi connectivity index (χ2v) is 49.2. The summed E-state index contributed by atoms with van der Waals surface area (Å²) in [7, 11) is 2.17. The van der Waals surface area contributed by atoms with Crippen LogP contribution in [0.5, 0.6) is 0 Å². The molecule has 0 radical (unpaired) electrons. The molecule has 822 valence electrons. The van der Waals surface area contributed by atoms with Crippen molar-refractivity contribution in [3.05, 3.63) is 0 Å². The molecule has 0 spiro atoms. The molecule has 0 N–H and O–H groups in total. The van der Waals surface area contributed by atoms with Gasteiger partial charge in [0.1, 0.15) is 168 Å². The molecule has 0 unspecified atom stereocenters. The van der Waals surface area contributed by atoms with E-state index in [2.05, 4.69) is 0 Å². The fourth-order valence-corrected chi connectivity index (χ4v) is 15.1. The first-order chi connectivity index (χ1) is 65.9. The molecule has 44 nitrogen and oxygen atoms in total. The highest BCUT2D eigenvalue weighted by Gasteiger charge is 2.58. The molecule has 144 heavy (non-hydrogen) atoms. The van der Waals surface area contributed by atoms with Crippen molar-refractivity contribution in [2.45, 2.75) is 254 Å². The van der Waals surface area contributed by atoms with Crippen LogP contribution in [0.2, 0.25) is 0 Å². The number of carbonyl (C=O) groups is 14. The van der Waals surface area contributed by atoms with E-state index in [1.807, 2.05) is 0 Å². The molecule has 0 saturated carbocycles. The van der Waals surface area contributed by atoms with Gasteiger partial charge in [0.15, 0.2) is 46.3 Å². The van der Waals surface area contributed by atoms with Gasteiger partial charge in [0.25, 0.3) is 0 Å². The summed E-state index contributed by atoms with van der Waals surface area (Å²) >= 11 is 0. The van der Waals surface area contributed by atoms with Crippen LogP contribution in [0.4, 0.5) is 0 Å². The molecule has 8 saturated heterocycles. The van der Waals surface area contributed by atoms with Crippen LogP contribution in [0.25, 0.3) is 0 Å². The molecule has 0 amide bonds. The zero-order valence-electron chi connectivity index (χ0n) is 89.4. The van der Waals surface area contributed by atoms with Crippen LogP contribution >= 0.6 is 21.6 Å². The number of hydrogen-bond acceptors (Lipinski definition) is 46. The number of carbonyl (C=O) groups excluding carboxylic acids is 14. The Morgan fingerprint density at radius 1 is 0.174 bits per heavy atom. The van der Waals surface area contributed by atoms with Gasteiger partial charge in [0, 0.05) is 11.5 Å². The maximum absolute atomic E-state index is 15.1. The average Bonchev–Trinajstić information content (AvgIpc) is 0.774. The van der Waals surface area contributed by atoms with Crippen LogP contribution in [0.15, 0.2) is 0 Å². The van der Waals surface area contributed by atoms with Gasteiger partial charge < -0.3 is 142 Å². The second kappa shape index (κ2) is 46.2. The van der Waals surface area contributed by atoms with E-state index in [4.69, 9.17) is 142 Å². The van der Waals surface area contributed by atoms with Crippen molar-refractivity contribution in [2.75, 3.05) is 210 Å². The number of hydrogen-bond donors (Lipinski definition) is 0. The maximum atomic E-state index is 15.1. The SMILES string of the molecule is CC1(C)OCC(C)(C(=O)OCC(C)(COC(=O)C2(C)COC(C)(C)OC2)C(=O)OCC(C)(COC(=O)C(C)(COC(=O)C2(C)COC(C)(C)OC2)COC(=O)C2(C)COC(C)(C)OC2)C(=O)OCCSSCCOC(=O)C(C)(COC(=O)C(C)(COC(=O)C2(C)COC(C)(C)OC2)COC(=O)C2(C)COC(C)(C)OC2)COC(=O)C(C)(COC(=O)C2(C)COC(C)(C)OC2)COC(=O)C2(C)COC(C)(C)OC2)CO1. The molecular formula is C98H154O44S2. The van der Waals surface area contributed by atoms with Crippen LogP contribution in [0, 0.1) is 75.8 Å². The summed E-state index contributed by atoms with van der Waals surface area (Å²) in [5, 5.41) is 0. The Hall–Kier alpha value is -7.36. The van der Waals surface area contributed by atoms with Crippen molar-refractivity contribution in [1.82, 2.24) is 0 Å². The van der Waals surface area contributed by atoms with Crippen LogP contribution in [0.1, 0.15) is 208 Å². The lowest BCUT2D eigenvalue weighted by molar-refractivity contribution is -0.283. The zero-order valence-corrected chi connectivity index (χ0v) is 91.0. The standard InChI is InChI=1S/C98H154O44S2/c1-77(2)127-47-91(23,48-128-77)69(105)119-39-87(19,40-120-70(106)92(24)49-129-78(3,4)130-50-92)65(101)115-35-85(17,36-116-66(102)88(20,41-121-71(107)93(25)51-131-79(5,6)132-52-93)42-122-72(108)94(26)53-133-80(7,8)134-54-94)63(99)113-31-33-143-144-34-32-114-64(100)86(18,37-117-67(103)89(21,43-123-73(109)95(27)55-135-81(9,10)136-56-95)44-124-74(110)96(28)57-137-82(11,12)138-58-96)38-118-68(104)90(22,45-125-75(111)97(29)59-139-83(13,14)140-60-97)46-126-76(112)98(30)61-141-84(15,16)142-62-98/h31-62H2,1-30H3. The van der Waals surface area contributed by atoms with Crippen molar-refractivity contribution in [3.63, 3.8) is 0 Å². The largest absolute Gasteiger partial charge is 0.464 e. The summed E-state index contributed by atoms with van der Waals surface area (Å²) in [4.78, 5) is 203. The second-order valence-electron chi connectivity index (χ2n) is 46.5. The van der Waals surface area contributed by atoms with Crippen molar-refractivity contribution >= 4 is 105 Å². The predicted octanol–water partition coefficient (Wildman–Crippen LogP) is 8.32. The van der Waals surface area contributed by atoms with E-state index in [1.54, 1.807) is 111 Å². The summed E-state index contributed by atoms with van der Waals surface area (Å²) < 4.78 is 175. The molecule has 8 rings (SSSR count). The highest BCUT2D eigenvalue weighted by atomic mass is 33.1. The summed E-state index contributed by atoms with van der Waals surface area (Å²) in [6.07, 6.45) is 0. The normalized spacial score (nSPS) is 22.8. The Labute approximate surface area is 849 Å². The zero-order chi connectivity index (χ0) is 108. The molecule has 0 aromatic heterocycles. The summed E-state index contributed by atoms with van der Waals surface area (Å²) in [5.74, 6) is -22.8. The molecule has 8 aliphatic rings. The number of ether oxygens (including phenoxy) is 30. The van der Waals surface area contributed by atoms with Crippen molar-refractivity contribution in [2.24, 2.45) is 75.8 Å². The Balaban J connectivity index is 1.05. The van der Waals surface area contributed by atoms with E-state index in [0.29, 0.717) is 0 Å². The first kappa shape index (κ1) is 122. The molecule has 8 heterocycles. The van der Waals surface area contributed by atoms with E-state index >= 15 is 28.8 Å². The van der Waals surface area contributed by atoms with Gasteiger partial charge in [-0.3, -0.25) is 67.1 Å². The van der Waals surface area contributed by atoms with Gasteiger partial charge in [-0.05, 0) is 208 Å². The molecule has 0 aromatic carbocycles. The van der Waals surface area contributed by atoms with E-state index in [0.717, 1.165) is 21.6 Å². The van der Waals surface area contributed by atoms with Gasteiger partial charge in [-0.2, -0.15) is 0 Å². The van der Waals surface area contributed by atoms with Crippen LogP contribution in [-0.4, -0.2) is 340 Å². The number of esters is 14. The van der Waals surface area contributed by atoms with Gasteiger partial charge in [-0.25, -0.2) is 0 Å². The fraction of sp³-hybridized carbons (Fsp3) is 0.857. The molecule has 0 bridgehead atoms. The monoisotopic (exact) mass is 2100 g/mol. The highest BCUT2D eigenvalue weighted by molar-refractivity contribution is 8.76. The quantitative estimate of drug-likeness (QED) is 0.0239. The lowest BCUT2D eigenvalue weighted by Gasteiger charge is -2.41. The minimum atomic E-state index is -2.23. The molecule has 8 aliphatic heterocycles. The molecule has 0 atom stereocenters. The van der Waals surface area contributed by atoms with Crippen LogP contribution < -0.4 is 0 Å². The van der Waals surface area contributed by atoms with E-state index < -0.39 is 298 Å². The van der Waals surface area contributed by atoms with E-state index in [-0.39, 0.29) is 117 Å². The summed E-state index contributed by atoms with van der Waals surface area (Å²) in [5.41, 5.74) is -24.2. The van der Waals surface area contributed by atoms with Crippen LogP contribution in [0.3, 0.4) is 0 Å². The molecule has 46 heteroatoms. The smallest absolute Gasteiger partial charge is 0.318 e. The molecular weight excluding hydrogens is 1950 g/mol. The first-order valence-corrected chi connectivity index (χ1v) is 50.3. The minimum absolute atomic E-state index is 0.0477. The Kier molecular flexibility index (Phi) is 39.1. The first-order valence-electron chi connectivity index (χ1n) is 47.8. The van der Waals surface area contributed by atoms with Gasteiger partial charge in [0.05, 0.1) is 106 Å². The molecule has 8 fully saturated rings. The lowest BCUT2D eigenvalue weighted by atomic mass is 9.88. The summed E-state index contributed by atoms with van der Waals surface area (Å²) in [6.45, 7) is 32.1. The van der Waals surface area contributed by atoms with Gasteiger partial charge in [-0.15, -0.1) is 0 Å². The van der Waals surface area contributed by atoms with Crippen LogP contribution in [-0.2, 0) is 209 Å². The van der Waals surface area contributed by atoms with Crippen molar-refractivity contribution in [3.8, 4) is 0 Å².